The molecule has 2 heterocycles. The van der Waals surface area contributed by atoms with E-state index in [0.717, 1.165) is 13.1 Å². The third-order valence-electron chi connectivity index (χ3n) is 9.52. The Balaban J connectivity index is 1.31. The van der Waals surface area contributed by atoms with Crippen LogP contribution < -0.4 is 4.90 Å². The first-order chi connectivity index (χ1) is 26.7. The maximum absolute atomic E-state index is 10.9. The van der Waals surface area contributed by atoms with Gasteiger partial charge in [0.05, 0.1) is 64.9 Å². The molecule has 0 unspecified atom stereocenters. The van der Waals surface area contributed by atoms with Crippen molar-refractivity contribution in [2.45, 2.75) is 45.4 Å². The van der Waals surface area contributed by atoms with Crippen LogP contribution in [0.3, 0.4) is 0 Å². The van der Waals surface area contributed by atoms with Crippen LogP contribution in [0.15, 0.2) is 102 Å². The highest BCUT2D eigenvalue weighted by atomic mass is 16.6. The lowest BCUT2D eigenvalue weighted by Gasteiger charge is -2.27. The molecule has 12 heteroatoms. The number of hydrogen-bond donors (Lipinski definition) is 0. The summed E-state index contributed by atoms with van der Waals surface area (Å²) in [5.74, 6) is -0.305. The lowest BCUT2D eigenvalue weighted by Crippen LogP contribution is -2.29. The minimum Gasteiger partial charge on any atom is -0.463 e. The van der Waals surface area contributed by atoms with Gasteiger partial charge in [-0.05, 0) is 37.1 Å². The van der Waals surface area contributed by atoms with E-state index in [2.05, 4.69) is 138 Å². The predicted octanol–water partition coefficient (Wildman–Crippen LogP) is 7.37. The number of hydrogen-bond acceptors (Lipinski definition) is 9. The van der Waals surface area contributed by atoms with Crippen molar-refractivity contribution >= 4 is 23.1 Å². The van der Waals surface area contributed by atoms with Gasteiger partial charge in [-0.15, -0.1) is 0 Å². The average Bonchev–Trinajstić information content (AvgIpc) is 3.52. The summed E-state index contributed by atoms with van der Waals surface area (Å²) < 4.78 is 35.5. The molecular weight excluding hydrogens is 699 g/mol. The molecule has 0 N–H and O–H groups in total. The van der Waals surface area contributed by atoms with Gasteiger partial charge in [-0.1, -0.05) is 85.7 Å². The van der Waals surface area contributed by atoms with Crippen molar-refractivity contribution in [1.29, 1.82) is 0 Å². The molecular formula is C43H58N5O7+. The summed E-state index contributed by atoms with van der Waals surface area (Å²) in [6.45, 7) is 17.2. The Morgan fingerprint density at radius 3 is 2.02 bits per heavy atom. The van der Waals surface area contributed by atoms with E-state index in [-0.39, 0.29) is 23.4 Å². The quantitative estimate of drug-likeness (QED) is 0.0196. The largest absolute Gasteiger partial charge is 0.463 e. The fourth-order valence-corrected chi connectivity index (χ4v) is 6.82. The normalized spacial score (nSPS) is 16.5. The van der Waals surface area contributed by atoms with Gasteiger partial charge in [0.25, 0.3) is 0 Å². The zero-order valence-corrected chi connectivity index (χ0v) is 33.2. The van der Waals surface area contributed by atoms with Gasteiger partial charge in [0.15, 0.2) is 12.3 Å². The minimum absolute atomic E-state index is 0.155. The molecule has 0 spiro atoms. The zero-order chi connectivity index (χ0) is 39.4. The molecule has 2 aromatic rings. The number of benzene rings is 2. The van der Waals surface area contributed by atoms with Crippen molar-refractivity contribution in [3.63, 3.8) is 0 Å². The van der Waals surface area contributed by atoms with Crippen LogP contribution in [-0.2, 0) is 44.0 Å². The molecule has 0 fully saturated rings. The Kier molecular flexibility index (Phi) is 17.9. The van der Waals surface area contributed by atoms with Crippen molar-refractivity contribution in [3.8, 4) is 0 Å². The summed E-state index contributed by atoms with van der Waals surface area (Å²) >= 11 is 0. The first kappa shape index (κ1) is 43.2. The van der Waals surface area contributed by atoms with Crippen LogP contribution in [0.2, 0.25) is 0 Å². The van der Waals surface area contributed by atoms with Crippen molar-refractivity contribution in [2.24, 2.45) is 5.11 Å². The number of ether oxygens (including phenoxy) is 6. The van der Waals surface area contributed by atoms with Gasteiger partial charge in [0.2, 0.25) is 5.69 Å². The van der Waals surface area contributed by atoms with E-state index in [1.165, 1.54) is 40.8 Å². The molecule has 0 radical (unpaired) electrons. The molecule has 296 valence electrons. The van der Waals surface area contributed by atoms with Gasteiger partial charge in [-0.25, -0.2) is 0 Å². The Labute approximate surface area is 326 Å². The minimum atomic E-state index is -0.305. The summed E-state index contributed by atoms with van der Waals surface area (Å²) in [4.78, 5) is 15.9. The molecule has 0 aliphatic carbocycles. The molecule has 2 aromatic carbocycles. The third-order valence-corrected chi connectivity index (χ3v) is 9.52. The Hall–Kier alpha value is -4.55. The molecule has 12 nitrogen and oxygen atoms in total. The smallest absolute Gasteiger partial charge is 0.302 e. The predicted molar refractivity (Wildman–Crippen MR) is 216 cm³/mol. The Bertz CT molecular complexity index is 1740. The van der Waals surface area contributed by atoms with Crippen LogP contribution in [0.25, 0.3) is 10.4 Å². The summed E-state index contributed by atoms with van der Waals surface area (Å²) in [6.07, 6.45) is 14.8. The second-order valence-corrected chi connectivity index (χ2v) is 14.0. The van der Waals surface area contributed by atoms with Crippen molar-refractivity contribution in [1.82, 2.24) is 0 Å². The summed E-state index contributed by atoms with van der Waals surface area (Å²) in [6, 6.07) is 17.1. The van der Waals surface area contributed by atoms with Crippen LogP contribution in [-0.4, -0.2) is 109 Å². The van der Waals surface area contributed by atoms with Crippen LogP contribution in [0.5, 0.6) is 0 Å². The lowest BCUT2D eigenvalue weighted by atomic mass is 9.81. The van der Waals surface area contributed by atoms with Crippen LogP contribution >= 0.6 is 0 Å². The van der Waals surface area contributed by atoms with Crippen LogP contribution in [0.1, 0.15) is 45.7 Å². The first-order valence-electron chi connectivity index (χ1n) is 19.1. The van der Waals surface area contributed by atoms with Gasteiger partial charge in [0, 0.05) is 59.4 Å². The second-order valence-electron chi connectivity index (χ2n) is 14.0. The van der Waals surface area contributed by atoms with Gasteiger partial charge in [0.1, 0.15) is 13.2 Å². The van der Waals surface area contributed by atoms with Crippen LogP contribution in [0.4, 0.5) is 11.4 Å². The molecule has 0 amide bonds. The summed E-state index contributed by atoms with van der Waals surface area (Å²) in [7, 11) is 0. The van der Waals surface area contributed by atoms with Gasteiger partial charge >= 0.3 is 5.97 Å². The SMILES string of the molecule is CC(=O)OCCOCCOCCN1C(=CC=CC=CC=CC2=[N+](CCOCCOCCOCCN=[N+]=[N-])c3ccccc3C2(C)C)C(C)(C)c2ccccc21. The van der Waals surface area contributed by atoms with E-state index in [4.69, 9.17) is 34.0 Å². The Morgan fingerprint density at radius 1 is 0.727 bits per heavy atom. The number of carbonyl (C=O) groups is 1. The number of anilines is 1. The van der Waals surface area contributed by atoms with Gasteiger partial charge < -0.3 is 33.3 Å². The maximum atomic E-state index is 10.9. The highest BCUT2D eigenvalue weighted by Crippen LogP contribution is 2.47. The fraction of sp³-hybridized carbons (Fsp3) is 0.488. The molecule has 2 aliphatic rings. The standard InChI is InChI=1S/C43H58N5O7/c1-35(49)55-34-33-54-32-29-52-26-23-48-39-18-14-12-16-37(39)43(4,5)41(48)20-10-8-6-7-9-19-40-42(2,3)36-15-11-13-17-38(36)47(40)22-25-51-28-31-53-30-27-50-24-21-45-46-44/h6-20H,21-34H2,1-5H3/q+1. The molecule has 0 saturated carbocycles. The highest BCUT2D eigenvalue weighted by molar-refractivity contribution is 6.03. The molecule has 0 saturated heterocycles. The second kappa shape index (κ2) is 22.7. The molecule has 2 aliphatic heterocycles. The first-order valence-corrected chi connectivity index (χ1v) is 19.1. The number of carbonyl (C=O) groups excluding carboxylic acids is 1. The number of fused-ring (bicyclic) bond motifs is 2. The maximum Gasteiger partial charge on any atom is 0.302 e. The van der Waals surface area contributed by atoms with Crippen molar-refractivity contribution < 1.29 is 37.8 Å². The van der Waals surface area contributed by atoms with Gasteiger partial charge in [-0.3, -0.25) is 4.79 Å². The molecule has 4 rings (SSSR count). The molecule has 55 heavy (non-hydrogen) atoms. The van der Waals surface area contributed by atoms with E-state index in [9.17, 15) is 4.79 Å². The van der Waals surface area contributed by atoms with E-state index in [1.807, 2.05) is 0 Å². The molecule has 0 aromatic heterocycles. The number of esters is 1. The third kappa shape index (κ3) is 12.7. The molecule has 0 atom stereocenters. The molecule has 0 bridgehead atoms. The Morgan fingerprint density at radius 2 is 1.31 bits per heavy atom. The summed E-state index contributed by atoms with van der Waals surface area (Å²) in [5.41, 5.74) is 15.4. The average molecular weight is 757 g/mol. The number of allylic oxidation sites excluding steroid dienone is 8. The van der Waals surface area contributed by atoms with Crippen molar-refractivity contribution in [2.75, 3.05) is 97.2 Å². The fourth-order valence-electron chi connectivity index (χ4n) is 6.82. The lowest BCUT2D eigenvalue weighted by molar-refractivity contribution is -0.442. The van der Waals surface area contributed by atoms with Gasteiger partial charge in [-0.2, -0.15) is 4.58 Å². The van der Waals surface area contributed by atoms with E-state index >= 15 is 0 Å². The van der Waals surface area contributed by atoms with Crippen LogP contribution in [0, 0.1) is 0 Å². The topological polar surface area (TPSA) is 127 Å². The number of rotatable bonds is 25. The van der Waals surface area contributed by atoms with Crippen molar-refractivity contribution in [3.05, 3.63) is 118 Å². The highest BCUT2D eigenvalue weighted by Gasteiger charge is 2.44. The zero-order valence-electron chi connectivity index (χ0n) is 33.2. The number of azide groups is 1. The summed E-state index contributed by atoms with van der Waals surface area (Å²) in [5, 5.41) is 3.44. The van der Waals surface area contributed by atoms with E-state index in [1.54, 1.807) is 0 Å². The number of para-hydroxylation sites is 2. The monoisotopic (exact) mass is 756 g/mol. The van der Waals surface area contributed by atoms with E-state index < -0.39 is 0 Å². The number of nitrogens with zero attached hydrogens (tertiary/aromatic N) is 5. The van der Waals surface area contributed by atoms with E-state index in [0.29, 0.717) is 72.6 Å².